The van der Waals surface area contributed by atoms with Crippen LogP contribution in [0.4, 0.5) is 8.78 Å². The summed E-state index contributed by atoms with van der Waals surface area (Å²) in [7, 11) is 0. The Bertz CT molecular complexity index is 110. The lowest BCUT2D eigenvalue weighted by molar-refractivity contribution is -0.0929. The first-order valence-corrected chi connectivity index (χ1v) is 3.36. The van der Waals surface area contributed by atoms with Gasteiger partial charge in [-0.3, -0.25) is 0 Å². The van der Waals surface area contributed by atoms with Crippen LogP contribution < -0.4 is 5.32 Å². The predicted octanol–water partition coefficient (Wildman–Crippen LogP) is 0.366. The molecule has 0 aliphatic heterocycles. The average molecular weight is 151 g/mol. The minimum absolute atomic E-state index is 0.0159. The van der Waals surface area contributed by atoms with Crippen LogP contribution in [0.15, 0.2) is 0 Å². The Kier molecular flexibility index (Phi) is 2.21. The summed E-state index contributed by atoms with van der Waals surface area (Å²) in [6.45, 7) is 0.433. The van der Waals surface area contributed by atoms with Gasteiger partial charge in [0.25, 0.3) is 5.92 Å². The Morgan fingerprint density at radius 1 is 1.50 bits per heavy atom. The summed E-state index contributed by atoms with van der Waals surface area (Å²) in [6.07, 6.45) is -0.153. The first-order chi connectivity index (χ1) is 4.64. The molecule has 10 heavy (non-hydrogen) atoms. The number of hydrogen-bond acceptors (Lipinski definition) is 2. The summed E-state index contributed by atoms with van der Waals surface area (Å²) in [5.41, 5.74) is 0. The fourth-order valence-corrected chi connectivity index (χ4v) is 1.07. The molecule has 0 amide bonds. The van der Waals surface area contributed by atoms with Gasteiger partial charge in [-0.1, -0.05) is 0 Å². The number of aliphatic hydroxyl groups excluding tert-OH is 1. The summed E-state index contributed by atoms with van der Waals surface area (Å²) >= 11 is 0. The van der Waals surface area contributed by atoms with Crippen LogP contribution in [-0.2, 0) is 0 Å². The van der Waals surface area contributed by atoms with E-state index in [4.69, 9.17) is 5.11 Å². The van der Waals surface area contributed by atoms with E-state index in [1.54, 1.807) is 0 Å². The Balaban J connectivity index is 2.03. The number of hydrogen-bond donors (Lipinski definition) is 2. The van der Waals surface area contributed by atoms with Crippen LogP contribution in [-0.4, -0.2) is 30.2 Å². The summed E-state index contributed by atoms with van der Waals surface area (Å²) in [5, 5.41) is 11.1. The van der Waals surface area contributed by atoms with Gasteiger partial charge in [0.1, 0.15) is 0 Å². The third kappa shape index (κ3) is 1.88. The summed E-state index contributed by atoms with van der Waals surface area (Å²) in [5.74, 6) is -2.45. The molecule has 0 spiro atoms. The molecule has 0 aromatic carbocycles. The van der Waals surface area contributed by atoms with E-state index < -0.39 is 5.92 Å². The zero-order valence-electron chi connectivity index (χ0n) is 5.61. The lowest BCUT2D eigenvalue weighted by Crippen LogP contribution is -2.49. The van der Waals surface area contributed by atoms with E-state index >= 15 is 0 Å². The largest absolute Gasteiger partial charge is 0.395 e. The predicted molar refractivity (Wildman–Crippen MR) is 33.1 cm³/mol. The molecule has 0 saturated heterocycles. The topological polar surface area (TPSA) is 32.3 Å². The second-order valence-electron chi connectivity index (χ2n) is 2.64. The molecule has 0 unspecified atom stereocenters. The Hall–Kier alpha value is -0.220. The van der Waals surface area contributed by atoms with Gasteiger partial charge >= 0.3 is 0 Å². The summed E-state index contributed by atoms with van der Waals surface area (Å²) in [4.78, 5) is 0. The molecule has 1 aliphatic rings. The monoisotopic (exact) mass is 151 g/mol. The lowest BCUT2D eigenvalue weighted by atomic mass is 9.88. The van der Waals surface area contributed by atoms with Gasteiger partial charge < -0.3 is 10.4 Å². The molecule has 0 radical (unpaired) electrons. The van der Waals surface area contributed by atoms with E-state index in [0.29, 0.717) is 6.54 Å². The second kappa shape index (κ2) is 2.80. The Labute approximate surface area is 58.2 Å². The Morgan fingerprint density at radius 3 is 2.50 bits per heavy atom. The summed E-state index contributed by atoms with van der Waals surface area (Å²) < 4.78 is 24.2. The van der Waals surface area contributed by atoms with Crippen LogP contribution in [0.3, 0.4) is 0 Å². The third-order valence-electron chi connectivity index (χ3n) is 1.63. The maximum atomic E-state index is 12.1. The Morgan fingerprint density at radius 2 is 2.10 bits per heavy atom. The van der Waals surface area contributed by atoms with Gasteiger partial charge in [0.2, 0.25) is 0 Å². The van der Waals surface area contributed by atoms with Crippen molar-refractivity contribution >= 4 is 0 Å². The van der Waals surface area contributed by atoms with Gasteiger partial charge in [0.05, 0.1) is 6.61 Å². The van der Waals surface area contributed by atoms with Crippen LogP contribution in [0, 0.1) is 0 Å². The fraction of sp³-hybridized carbons (Fsp3) is 1.00. The van der Waals surface area contributed by atoms with Crippen molar-refractivity contribution in [2.45, 2.75) is 24.8 Å². The maximum Gasteiger partial charge on any atom is 0.251 e. The van der Waals surface area contributed by atoms with Crippen molar-refractivity contribution in [3.05, 3.63) is 0 Å². The van der Waals surface area contributed by atoms with Gasteiger partial charge in [0, 0.05) is 25.4 Å². The molecule has 1 fully saturated rings. The molecule has 4 heteroatoms. The van der Waals surface area contributed by atoms with Crippen LogP contribution in [0.5, 0.6) is 0 Å². The average Bonchev–Trinajstić information content (AvgIpc) is 1.78. The van der Waals surface area contributed by atoms with Gasteiger partial charge in [-0.05, 0) is 0 Å². The second-order valence-corrected chi connectivity index (χ2v) is 2.64. The van der Waals surface area contributed by atoms with Gasteiger partial charge in [-0.2, -0.15) is 0 Å². The van der Waals surface area contributed by atoms with E-state index in [1.165, 1.54) is 0 Å². The number of halogens is 2. The van der Waals surface area contributed by atoms with Gasteiger partial charge in [-0.15, -0.1) is 0 Å². The molecule has 0 heterocycles. The molecule has 0 aromatic rings. The minimum Gasteiger partial charge on any atom is -0.395 e. The molecule has 60 valence electrons. The number of nitrogens with one attached hydrogen (secondary N) is 1. The molecule has 1 rings (SSSR count). The lowest BCUT2D eigenvalue weighted by Gasteiger charge is -2.35. The van der Waals surface area contributed by atoms with Crippen LogP contribution in [0.1, 0.15) is 12.8 Å². The van der Waals surface area contributed by atoms with Crippen molar-refractivity contribution in [3.8, 4) is 0 Å². The SMILES string of the molecule is OCCNC1CC(F)(F)C1. The highest BCUT2D eigenvalue weighted by molar-refractivity contribution is 4.90. The number of aliphatic hydroxyl groups is 1. The fourth-order valence-electron chi connectivity index (χ4n) is 1.07. The van der Waals surface area contributed by atoms with Crippen LogP contribution in [0.2, 0.25) is 0 Å². The van der Waals surface area contributed by atoms with Crippen molar-refractivity contribution in [1.29, 1.82) is 0 Å². The molecular weight excluding hydrogens is 140 g/mol. The van der Waals surface area contributed by atoms with Crippen LogP contribution in [0.25, 0.3) is 0 Å². The molecule has 2 N–H and O–H groups in total. The quantitative estimate of drug-likeness (QED) is 0.610. The maximum absolute atomic E-state index is 12.1. The van der Waals surface area contributed by atoms with E-state index in [9.17, 15) is 8.78 Å². The van der Waals surface area contributed by atoms with Crippen molar-refractivity contribution in [2.75, 3.05) is 13.2 Å². The van der Waals surface area contributed by atoms with E-state index in [0.717, 1.165) is 0 Å². The molecule has 1 aliphatic carbocycles. The first kappa shape index (κ1) is 7.88. The van der Waals surface area contributed by atoms with Crippen molar-refractivity contribution < 1.29 is 13.9 Å². The molecule has 2 nitrogen and oxygen atoms in total. The van der Waals surface area contributed by atoms with Gasteiger partial charge in [0.15, 0.2) is 0 Å². The first-order valence-electron chi connectivity index (χ1n) is 3.36. The van der Waals surface area contributed by atoms with Crippen molar-refractivity contribution in [3.63, 3.8) is 0 Å². The standard InChI is InChI=1S/C6H11F2NO/c7-6(8)3-5(4-6)9-1-2-10/h5,9-10H,1-4H2. The molecule has 0 aromatic heterocycles. The molecule has 1 saturated carbocycles. The number of alkyl halides is 2. The van der Waals surface area contributed by atoms with Crippen LogP contribution >= 0.6 is 0 Å². The zero-order valence-corrected chi connectivity index (χ0v) is 5.61. The minimum atomic E-state index is -2.45. The van der Waals surface area contributed by atoms with E-state index in [1.807, 2.05) is 0 Å². The molecule has 0 bridgehead atoms. The smallest absolute Gasteiger partial charge is 0.251 e. The highest BCUT2D eigenvalue weighted by Gasteiger charge is 2.44. The van der Waals surface area contributed by atoms with E-state index in [2.05, 4.69) is 5.32 Å². The normalized spacial score (nSPS) is 24.3. The number of rotatable bonds is 3. The van der Waals surface area contributed by atoms with Crippen molar-refractivity contribution in [1.82, 2.24) is 5.32 Å². The zero-order chi connectivity index (χ0) is 7.61. The molecular formula is C6H11F2NO. The van der Waals surface area contributed by atoms with Gasteiger partial charge in [-0.25, -0.2) is 8.78 Å². The third-order valence-corrected chi connectivity index (χ3v) is 1.63. The highest BCUT2D eigenvalue weighted by atomic mass is 19.3. The summed E-state index contributed by atoms with van der Waals surface area (Å²) in [6, 6.07) is -0.0813. The highest BCUT2D eigenvalue weighted by Crippen LogP contribution is 2.37. The molecule has 0 atom stereocenters. The van der Waals surface area contributed by atoms with Crippen molar-refractivity contribution in [2.24, 2.45) is 0 Å². The van der Waals surface area contributed by atoms with E-state index in [-0.39, 0.29) is 25.5 Å².